The fraction of sp³-hybridized carbons (Fsp3) is 0.0476. The zero-order chi connectivity index (χ0) is 22.6. The van der Waals surface area contributed by atoms with Crippen molar-refractivity contribution in [3.8, 4) is 0 Å². The molecule has 0 saturated heterocycles. The monoisotopic (exact) mass is 478 g/mol. The van der Waals surface area contributed by atoms with Gasteiger partial charge in [0.25, 0.3) is 15.9 Å². The lowest BCUT2D eigenvalue weighted by molar-refractivity contribution is 0.0600. The number of anilines is 2. The third-order valence-corrected chi connectivity index (χ3v) is 6.20. The van der Waals surface area contributed by atoms with Crippen molar-refractivity contribution in [1.29, 1.82) is 0 Å². The van der Waals surface area contributed by atoms with Gasteiger partial charge in [0.2, 0.25) is 0 Å². The van der Waals surface area contributed by atoms with E-state index in [9.17, 15) is 18.0 Å². The maximum absolute atomic E-state index is 12.7. The van der Waals surface area contributed by atoms with Crippen LogP contribution < -0.4 is 10.0 Å². The molecule has 0 fully saturated rings. The molecule has 0 atom stereocenters. The number of carbonyl (C=O) groups excluding carboxylic acids is 2. The Balaban J connectivity index is 1.85. The minimum absolute atomic E-state index is 0.0319. The molecule has 0 aliphatic carbocycles. The van der Waals surface area contributed by atoms with E-state index in [1.807, 2.05) is 0 Å². The maximum atomic E-state index is 12.7. The first-order valence-electron chi connectivity index (χ1n) is 8.78. The third-order valence-electron chi connectivity index (χ3n) is 4.15. The van der Waals surface area contributed by atoms with Crippen molar-refractivity contribution >= 4 is 56.5 Å². The van der Waals surface area contributed by atoms with Gasteiger partial charge in [-0.25, -0.2) is 13.2 Å². The van der Waals surface area contributed by atoms with Crippen molar-refractivity contribution < 1.29 is 22.7 Å². The van der Waals surface area contributed by atoms with Gasteiger partial charge in [0, 0.05) is 11.4 Å². The third kappa shape index (κ3) is 5.35. The predicted molar refractivity (Wildman–Crippen MR) is 119 cm³/mol. The molecule has 160 valence electrons. The predicted octanol–water partition coefficient (Wildman–Crippen LogP) is 4.83. The van der Waals surface area contributed by atoms with Crippen LogP contribution in [0.4, 0.5) is 11.4 Å². The second-order valence-electron chi connectivity index (χ2n) is 6.25. The lowest BCUT2D eigenvalue weighted by atomic mass is 10.1. The highest BCUT2D eigenvalue weighted by Gasteiger charge is 2.18. The van der Waals surface area contributed by atoms with Gasteiger partial charge in [-0.3, -0.25) is 9.52 Å². The standard InChI is InChI=1S/C21H16Cl2N2O5S/c1-30-21(27)17-11-13(7-9-19(17)23)24-20(26)16-12-14(8-10-18(16)22)25-31(28,29)15-5-3-2-4-6-15/h2-12,25H,1H3,(H,24,26). The second kappa shape index (κ2) is 9.38. The average Bonchev–Trinajstić information content (AvgIpc) is 2.76. The van der Waals surface area contributed by atoms with Crippen LogP contribution in [0.1, 0.15) is 20.7 Å². The fourth-order valence-corrected chi connectivity index (χ4v) is 4.11. The lowest BCUT2D eigenvalue weighted by Gasteiger charge is -2.12. The first-order valence-corrected chi connectivity index (χ1v) is 11.0. The first-order chi connectivity index (χ1) is 14.7. The Hall–Kier alpha value is -3.07. The summed E-state index contributed by atoms with van der Waals surface area (Å²) in [5.74, 6) is -1.26. The van der Waals surface area contributed by atoms with Gasteiger partial charge in [-0.1, -0.05) is 41.4 Å². The van der Waals surface area contributed by atoms with Gasteiger partial charge < -0.3 is 10.1 Å². The summed E-state index contributed by atoms with van der Waals surface area (Å²) in [7, 11) is -2.63. The van der Waals surface area contributed by atoms with E-state index < -0.39 is 21.9 Å². The number of halogens is 2. The van der Waals surface area contributed by atoms with Crippen molar-refractivity contribution in [2.75, 3.05) is 17.1 Å². The molecule has 3 rings (SSSR count). The largest absolute Gasteiger partial charge is 0.465 e. The molecule has 31 heavy (non-hydrogen) atoms. The van der Waals surface area contributed by atoms with Crippen LogP contribution in [-0.4, -0.2) is 27.4 Å². The number of hydrogen-bond donors (Lipinski definition) is 2. The highest BCUT2D eigenvalue weighted by atomic mass is 35.5. The number of esters is 1. The molecule has 3 aromatic rings. The summed E-state index contributed by atoms with van der Waals surface area (Å²) in [5, 5.41) is 2.88. The Labute approximate surface area is 189 Å². The summed E-state index contributed by atoms with van der Waals surface area (Å²) >= 11 is 12.1. The summed E-state index contributed by atoms with van der Waals surface area (Å²) in [5.41, 5.74) is 0.549. The average molecular weight is 479 g/mol. The van der Waals surface area contributed by atoms with E-state index in [-0.39, 0.29) is 37.4 Å². The van der Waals surface area contributed by atoms with Crippen molar-refractivity contribution in [3.05, 3.63) is 87.9 Å². The van der Waals surface area contributed by atoms with Crippen molar-refractivity contribution in [2.45, 2.75) is 4.90 Å². The Kier molecular flexibility index (Phi) is 6.84. The van der Waals surface area contributed by atoms with Crippen LogP contribution >= 0.6 is 23.2 Å². The first kappa shape index (κ1) is 22.6. The van der Waals surface area contributed by atoms with Gasteiger partial charge in [0.1, 0.15) is 0 Å². The van der Waals surface area contributed by atoms with Crippen LogP contribution in [0.3, 0.4) is 0 Å². The highest BCUT2D eigenvalue weighted by Crippen LogP contribution is 2.26. The van der Waals surface area contributed by atoms with E-state index in [1.165, 1.54) is 55.6 Å². The summed E-state index contributed by atoms with van der Waals surface area (Å²) in [6, 6.07) is 16.3. The van der Waals surface area contributed by atoms with Crippen molar-refractivity contribution in [2.24, 2.45) is 0 Å². The zero-order valence-corrected chi connectivity index (χ0v) is 18.4. The van der Waals surface area contributed by atoms with Crippen LogP contribution in [0.5, 0.6) is 0 Å². The molecule has 0 saturated carbocycles. The molecule has 0 unspecified atom stereocenters. The minimum Gasteiger partial charge on any atom is -0.465 e. The van der Waals surface area contributed by atoms with Gasteiger partial charge in [-0.2, -0.15) is 0 Å². The van der Waals surface area contributed by atoms with Gasteiger partial charge in [-0.15, -0.1) is 0 Å². The van der Waals surface area contributed by atoms with E-state index >= 15 is 0 Å². The van der Waals surface area contributed by atoms with Crippen LogP contribution in [0.25, 0.3) is 0 Å². The smallest absolute Gasteiger partial charge is 0.339 e. The number of rotatable bonds is 6. The van der Waals surface area contributed by atoms with Gasteiger partial charge in [0.05, 0.1) is 33.2 Å². The van der Waals surface area contributed by atoms with E-state index in [2.05, 4.69) is 14.8 Å². The molecule has 0 heterocycles. The Morgan fingerprint density at radius 1 is 0.839 bits per heavy atom. The zero-order valence-electron chi connectivity index (χ0n) is 16.1. The van der Waals surface area contributed by atoms with Gasteiger partial charge >= 0.3 is 5.97 Å². The maximum Gasteiger partial charge on any atom is 0.339 e. The lowest BCUT2D eigenvalue weighted by Crippen LogP contribution is -2.16. The molecule has 0 aromatic heterocycles. The Morgan fingerprint density at radius 2 is 1.42 bits per heavy atom. The van der Waals surface area contributed by atoms with Crippen LogP contribution in [0.15, 0.2) is 71.6 Å². The molecule has 2 N–H and O–H groups in total. The SMILES string of the molecule is COC(=O)c1cc(NC(=O)c2cc(NS(=O)(=O)c3ccccc3)ccc2Cl)ccc1Cl. The van der Waals surface area contributed by atoms with E-state index in [4.69, 9.17) is 23.2 Å². The second-order valence-corrected chi connectivity index (χ2v) is 8.75. The number of ether oxygens (including phenoxy) is 1. The summed E-state index contributed by atoms with van der Waals surface area (Å²) in [4.78, 5) is 24.6. The summed E-state index contributed by atoms with van der Waals surface area (Å²) in [6.07, 6.45) is 0. The topological polar surface area (TPSA) is 102 Å². The number of benzene rings is 3. The molecule has 0 spiro atoms. The molecule has 0 bridgehead atoms. The number of sulfonamides is 1. The van der Waals surface area contributed by atoms with Crippen LogP contribution in [0.2, 0.25) is 10.0 Å². The summed E-state index contributed by atoms with van der Waals surface area (Å²) in [6.45, 7) is 0. The highest BCUT2D eigenvalue weighted by molar-refractivity contribution is 7.92. The van der Waals surface area contributed by atoms with Crippen LogP contribution in [-0.2, 0) is 14.8 Å². The van der Waals surface area contributed by atoms with Gasteiger partial charge in [-0.05, 0) is 48.5 Å². The summed E-state index contributed by atoms with van der Waals surface area (Å²) < 4.78 is 32.1. The van der Waals surface area contributed by atoms with Crippen LogP contribution in [0, 0.1) is 0 Å². The minimum atomic E-state index is -3.84. The Bertz CT molecular complexity index is 1250. The Morgan fingerprint density at radius 3 is 2.06 bits per heavy atom. The molecule has 0 aliphatic heterocycles. The normalized spacial score (nSPS) is 10.9. The number of carbonyl (C=O) groups is 2. The number of hydrogen-bond acceptors (Lipinski definition) is 5. The van der Waals surface area contributed by atoms with E-state index in [0.717, 1.165) is 0 Å². The molecule has 0 aliphatic rings. The number of methoxy groups -OCH3 is 1. The molecular weight excluding hydrogens is 463 g/mol. The number of nitrogens with one attached hydrogen (secondary N) is 2. The van der Waals surface area contributed by atoms with Crippen molar-refractivity contribution in [1.82, 2.24) is 0 Å². The number of amides is 1. The molecular formula is C21H16Cl2N2O5S. The van der Waals surface area contributed by atoms with Gasteiger partial charge in [0.15, 0.2) is 0 Å². The molecule has 7 nitrogen and oxygen atoms in total. The van der Waals surface area contributed by atoms with Crippen molar-refractivity contribution in [3.63, 3.8) is 0 Å². The van der Waals surface area contributed by atoms with E-state index in [1.54, 1.807) is 18.2 Å². The van der Waals surface area contributed by atoms with E-state index in [0.29, 0.717) is 0 Å². The molecule has 3 aromatic carbocycles. The molecule has 0 radical (unpaired) electrons. The fourth-order valence-electron chi connectivity index (χ4n) is 2.64. The quantitative estimate of drug-likeness (QED) is 0.493. The molecule has 1 amide bonds. The molecule has 10 heteroatoms.